The summed E-state index contributed by atoms with van der Waals surface area (Å²) in [6, 6.07) is 8.22. The summed E-state index contributed by atoms with van der Waals surface area (Å²) in [6.45, 7) is 2.24. The van der Waals surface area contributed by atoms with Gasteiger partial charge in [0, 0.05) is 5.75 Å². The first-order valence-electron chi connectivity index (χ1n) is 7.90. The van der Waals surface area contributed by atoms with E-state index in [2.05, 4.69) is 36.5 Å². The Kier molecular flexibility index (Phi) is 6.58. The van der Waals surface area contributed by atoms with Crippen LogP contribution in [-0.2, 0) is 11.2 Å². The summed E-state index contributed by atoms with van der Waals surface area (Å²) < 4.78 is 0. The van der Waals surface area contributed by atoms with Gasteiger partial charge in [-0.2, -0.15) is 0 Å². The van der Waals surface area contributed by atoms with Gasteiger partial charge in [-0.3, -0.25) is 10.1 Å². The summed E-state index contributed by atoms with van der Waals surface area (Å²) in [5.74, 6) is -0.118. The van der Waals surface area contributed by atoms with Crippen molar-refractivity contribution in [2.75, 3.05) is 5.75 Å². The average Bonchev–Trinajstić information content (AvgIpc) is 2.98. The molecule has 0 spiro atoms. The van der Waals surface area contributed by atoms with Crippen LogP contribution < -0.4 is 5.32 Å². The molecule has 0 aromatic heterocycles. The molecule has 1 aromatic carbocycles. The molecular weight excluding hydrogens is 282 g/mol. The minimum absolute atomic E-state index is 0.115. The normalized spacial score (nSPS) is 21.6. The van der Waals surface area contributed by atoms with Crippen molar-refractivity contribution in [1.29, 1.82) is 0 Å². The quantitative estimate of drug-likeness (QED) is 0.713. The zero-order chi connectivity index (χ0) is 15.1. The molecule has 0 bridgehead atoms. The van der Waals surface area contributed by atoms with Crippen LogP contribution in [0.1, 0.15) is 55.5 Å². The summed E-state index contributed by atoms with van der Waals surface area (Å²) in [5.41, 5.74) is 2.56. The summed E-state index contributed by atoms with van der Waals surface area (Å²) in [4.78, 5) is 10.9. The Hall–Kier alpha value is -1.00. The van der Waals surface area contributed by atoms with Crippen LogP contribution in [-0.4, -0.2) is 22.9 Å². The lowest BCUT2D eigenvalue weighted by Gasteiger charge is -2.12. The second kappa shape index (κ2) is 8.44. The van der Waals surface area contributed by atoms with Gasteiger partial charge in [0.1, 0.15) is 6.04 Å². The second-order valence-electron chi connectivity index (χ2n) is 5.68. The van der Waals surface area contributed by atoms with Gasteiger partial charge in [-0.25, -0.2) is 0 Å². The Morgan fingerprint density at radius 1 is 1.24 bits per heavy atom. The number of benzene rings is 1. The van der Waals surface area contributed by atoms with Crippen LogP contribution >= 0.6 is 11.8 Å². The van der Waals surface area contributed by atoms with Crippen molar-refractivity contribution < 1.29 is 9.90 Å². The maximum Gasteiger partial charge on any atom is 0.321 e. The molecule has 0 radical (unpaired) electrons. The first-order chi connectivity index (χ1) is 10.2. The van der Waals surface area contributed by atoms with Gasteiger partial charge in [-0.05, 0) is 24.0 Å². The molecule has 116 valence electrons. The summed E-state index contributed by atoms with van der Waals surface area (Å²) in [7, 11) is 0. The number of hydrogen-bond acceptors (Lipinski definition) is 3. The van der Waals surface area contributed by atoms with E-state index in [9.17, 15) is 4.79 Å². The lowest BCUT2D eigenvalue weighted by Crippen LogP contribution is -2.33. The lowest BCUT2D eigenvalue weighted by atomic mass is 10.0. The van der Waals surface area contributed by atoms with Gasteiger partial charge < -0.3 is 5.11 Å². The van der Waals surface area contributed by atoms with Gasteiger partial charge in [0.25, 0.3) is 0 Å². The number of carboxylic acid groups (broad SMARTS) is 1. The Bertz CT molecular complexity index is 447. The first kappa shape index (κ1) is 16.4. The Morgan fingerprint density at radius 2 is 1.95 bits per heavy atom. The van der Waals surface area contributed by atoms with Crippen molar-refractivity contribution in [2.45, 2.75) is 56.9 Å². The molecule has 0 amide bonds. The van der Waals surface area contributed by atoms with Gasteiger partial charge in [0.2, 0.25) is 0 Å². The number of hydrogen-bond donors (Lipinski definition) is 2. The Balaban J connectivity index is 1.78. The largest absolute Gasteiger partial charge is 0.480 e. The molecule has 1 aromatic rings. The van der Waals surface area contributed by atoms with Crippen molar-refractivity contribution in [3.05, 3.63) is 35.4 Å². The number of aliphatic carboxylic acids is 1. The molecule has 21 heavy (non-hydrogen) atoms. The molecule has 1 fully saturated rings. The molecule has 0 saturated carbocycles. The van der Waals surface area contributed by atoms with Gasteiger partial charge in [0.05, 0.1) is 5.37 Å². The van der Waals surface area contributed by atoms with Crippen LogP contribution in [0.3, 0.4) is 0 Å². The number of aryl methyl sites for hydroxylation is 1. The molecule has 2 N–H and O–H groups in total. The van der Waals surface area contributed by atoms with Gasteiger partial charge in [0.15, 0.2) is 0 Å². The topological polar surface area (TPSA) is 49.3 Å². The average molecular weight is 307 g/mol. The minimum atomic E-state index is -0.756. The van der Waals surface area contributed by atoms with Gasteiger partial charge in [-0.1, -0.05) is 56.9 Å². The molecule has 1 heterocycles. The van der Waals surface area contributed by atoms with E-state index in [4.69, 9.17) is 5.11 Å². The van der Waals surface area contributed by atoms with Gasteiger partial charge >= 0.3 is 5.97 Å². The fourth-order valence-electron chi connectivity index (χ4n) is 2.60. The van der Waals surface area contributed by atoms with E-state index >= 15 is 0 Å². The number of carbonyl (C=O) groups is 1. The Labute approximate surface area is 131 Å². The predicted molar refractivity (Wildman–Crippen MR) is 88.7 cm³/mol. The number of nitrogens with one attached hydrogen (secondary N) is 1. The molecule has 2 rings (SSSR count). The highest BCUT2D eigenvalue weighted by atomic mass is 32.2. The van der Waals surface area contributed by atoms with Crippen LogP contribution in [0.5, 0.6) is 0 Å². The molecule has 2 atom stereocenters. The lowest BCUT2D eigenvalue weighted by molar-refractivity contribution is -0.138. The third-order valence-corrected chi connectivity index (χ3v) is 5.20. The molecule has 1 aliphatic heterocycles. The zero-order valence-corrected chi connectivity index (χ0v) is 13.5. The Morgan fingerprint density at radius 3 is 2.57 bits per heavy atom. The minimum Gasteiger partial charge on any atom is -0.480 e. The number of unbranched alkanes of at least 4 members (excludes halogenated alkanes) is 4. The number of carboxylic acids is 1. The van der Waals surface area contributed by atoms with Crippen LogP contribution in [0.2, 0.25) is 0 Å². The first-order valence-corrected chi connectivity index (χ1v) is 8.95. The van der Waals surface area contributed by atoms with E-state index in [-0.39, 0.29) is 5.37 Å². The monoisotopic (exact) mass is 307 g/mol. The summed E-state index contributed by atoms with van der Waals surface area (Å²) >= 11 is 1.67. The maximum atomic E-state index is 10.9. The van der Waals surface area contributed by atoms with Crippen LogP contribution in [0.4, 0.5) is 0 Å². The molecule has 3 nitrogen and oxygen atoms in total. The smallest absolute Gasteiger partial charge is 0.321 e. The zero-order valence-electron chi connectivity index (χ0n) is 12.7. The third-order valence-electron chi connectivity index (χ3n) is 3.93. The van der Waals surface area contributed by atoms with E-state index in [0.717, 1.165) is 6.42 Å². The second-order valence-corrected chi connectivity index (χ2v) is 6.81. The maximum absolute atomic E-state index is 10.9. The van der Waals surface area contributed by atoms with E-state index < -0.39 is 12.0 Å². The summed E-state index contributed by atoms with van der Waals surface area (Å²) in [6.07, 6.45) is 7.69. The molecular formula is C17H25NO2S. The van der Waals surface area contributed by atoms with Crippen molar-refractivity contribution in [3.8, 4) is 0 Å². The number of rotatable bonds is 8. The van der Waals surface area contributed by atoms with Crippen LogP contribution in [0.25, 0.3) is 0 Å². The van der Waals surface area contributed by atoms with Crippen LogP contribution in [0, 0.1) is 0 Å². The number of thioether (sulfide) groups is 1. The predicted octanol–water partition coefficient (Wildman–Crippen LogP) is 3.99. The third kappa shape index (κ3) is 5.04. The van der Waals surface area contributed by atoms with E-state index in [1.165, 1.54) is 43.2 Å². The molecule has 1 unspecified atom stereocenters. The summed E-state index contributed by atoms with van der Waals surface area (Å²) in [5, 5.41) is 12.3. The van der Waals surface area contributed by atoms with Crippen molar-refractivity contribution in [1.82, 2.24) is 5.32 Å². The molecule has 1 saturated heterocycles. The molecule has 0 aliphatic carbocycles. The fraction of sp³-hybridized carbons (Fsp3) is 0.588. The van der Waals surface area contributed by atoms with Crippen LogP contribution in [0.15, 0.2) is 24.3 Å². The highest BCUT2D eigenvalue weighted by molar-refractivity contribution is 7.99. The van der Waals surface area contributed by atoms with E-state index in [0.29, 0.717) is 5.75 Å². The van der Waals surface area contributed by atoms with E-state index in [1.54, 1.807) is 11.8 Å². The molecule has 1 aliphatic rings. The standard InChI is InChI=1S/C17H25NO2S/c1-2-3-4-5-6-7-13-8-10-14(11-9-13)16-18-15(12-21-16)17(19)20/h8-11,15-16,18H,2-7,12H2,1H3,(H,19,20)/t15-,16?/m0/s1. The van der Waals surface area contributed by atoms with E-state index in [1.807, 2.05) is 0 Å². The SMILES string of the molecule is CCCCCCCc1ccc(C2N[C@H](C(=O)O)CS2)cc1. The van der Waals surface area contributed by atoms with Crippen molar-refractivity contribution in [3.63, 3.8) is 0 Å². The fourth-order valence-corrected chi connectivity index (χ4v) is 3.83. The van der Waals surface area contributed by atoms with Gasteiger partial charge in [-0.15, -0.1) is 11.8 Å². The van der Waals surface area contributed by atoms with Crippen molar-refractivity contribution in [2.24, 2.45) is 0 Å². The highest BCUT2D eigenvalue weighted by Crippen LogP contribution is 2.32. The highest BCUT2D eigenvalue weighted by Gasteiger charge is 2.30. The molecule has 4 heteroatoms. The van der Waals surface area contributed by atoms with Crippen molar-refractivity contribution >= 4 is 17.7 Å².